The summed E-state index contributed by atoms with van der Waals surface area (Å²) in [7, 11) is 1.90. The summed E-state index contributed by atoms with van der Waals surface area (Å²) in [6, 6.07) is 0. The molecule has 0 bridgehead atoms. The van der Waals surface area contributed by atoms with Crippen molar-refractivity contribution in [2.45, 2.75) is 38.2 Å². The molecule has 1 heterocycles. The first-order valence-corrected chi connectivity index (χ1v) is 6.45. The van der Waals surface area contributed by atoms with Crippen LogP contribution in [0.25, 0.3) is 0 Å². The smallest absolute Gasteiger partial charge is 0.192 e. The van der Waals surface area contributed by atoms with Crippen molar-refractivity contribution in [3.05, 3.63) is 18.0 Å². The van der Waals surface area contributed by atoms with E-state index in [4.69, 9.17) is 17.2 Å². The van der Waals surface area contributed by atoms with E-state index >= 15 is 0 Å². The van der Waals surface area contributed by atoms with E-state index in [1.807, 2.05) is 24.0 Å². The highest BCUT2D eigenvalue weighted by molar-refractivity contribution is 5.57. The van der Waals surface area contributed by atoms with Gasteiger partial charge >= 0.3 is 0 Å². The second kappa shape index (κ2) is 7.18. The van der Waals surface area contributed by atoms with Crippen LogP contribution in [0.5, 0.6) is 0 Å². The van der Waals surface area contributed by atoms with Gasteiger partial charge in [0.2, 0.25) is 0 Å². The summed E-state index contributed by atoms with van der Waals surface area (Å²) in [6.07, 6.45) is 7.53. The van der Waals surface area contributed by atoms with Gasteiger partial charge in [-0.3, -0.25) is 0 Å². The van der Waals surface area contributed by atoms with Crippen LogP contribution in [0.4, 0.5) is 11.4 Å². The Morgan fingerprint density at radius 2 is 1.72 bits per heavy atom. The highest BCUT2D eigenvalue weighted by Crippen LogP contribution is 2.19. The number of pyridine rings is 1. The lowest BCUT2D eigenvalue weighted by Crippen LogP contribution is -2.29. The standard InChI is InChI=1S/C13H25N4O/c1-17-8-12(15)11(13(16)9-17)6-2-4-10(18)5-3-7-14/h8-10,18H,2-7,14-16H2,1H3/q+1. The van der Waals surface area contributed by atoms with E-state index in [1.165, 1.54) is 0 Å². The van der Waals surface area contributed by atoms with Gasteiger partial charge in [-0.2, -0.15) is 0 Å². The van der Waals surface area contributed by atoms with Crippen LogP contribution in [0.15, 0.2) is 12.4 Å². The molecule has 0 spiro atoms. The maximum Gasteiger partial charge on any atom is 0.192 e. The van der Waals surface area contributed by atoms with Crippen molar-refractivity contribution in [2.75, 3.05) is 18.0 Å². The minimum absolute atomic E-state index is 0.268. The van der Waals surface area contributed by atoms with Crippen LogP contribution in [0.2, 0.25) is 0 Å². The number of hydrogen-bond donors (Lipinski definition) is 4. The molecule has 0 aromatic carbocycles. The fraction of sp³-hybridized carbons (Fsp3) is 0.615. The van der Waals surface area contributed by atoms with Gasteiger partial charge in [0.25, 0.3) is 0 Å². The number of hydrogen-bond acceptors (Lipinski definition) is 4. The molecule has 1 atom stereocenters. The maximum absolute atomic E-state index is 9.72. The number of nitrogens with two attached hydrogens (primary N) is 3. The molecule has 0 saturated carbocycles. The van der Waals surface area contributed by atoms with E-state index in [-0.39, 0.29) is 6.10 Å². The monoisotopic (exact) mass is 253 g/mol. The van der Waals surface area contributed by atoms with Crippen molar-refractivity contribution in [1.82, 2.24) is 0 Å². The van der Waals surface area contributed by atoms with Crippen LogP contribution in [0, 0.1) is 0 Å². The van der Waals surface area contributed by atoms with Gasteiger partial charge in [-0.05, 0) is 38.6 Å². The second-order valence-corrected chi connectivity index (χ2v) is 4.79. The highest BCUT2D eigenvalue weighted by atomic mass is 16.3. The Morgan fingerprint density at radius 3 is 2.28 bits per heavy atom. The number of anilines is 2. The summed E-state index contributed by atoms with van der Waals surface area (Å²) >= 11 is 0. The summed E-state index contributed by atoms with van der Waals surface area (Å²) in [5.74, 6) is 0. The zero-order chi connectivity index (χ0) is 13.5. The fourth-order valence-corrected chi connectivity index (χ4v) is 2.10. The Morgan fingerprint density at radius 1 is 1.17 bits per heavy atom. The molecule has 1 aromatic rings. The van der Waals surface area contributed by atoms with Gasteiger partial charge in [-0.15, -0.1) is 0 Å². The molecule has 0 aliphatic heterocycles. The van der Waals surface area contributed by atoms with Crippen molar-refractivity contribution in [3.8, 4) is 0 Å². The van der Waals surface area contributed by atoms with Gasteiger partial charge in [0.1, 0.15) is 18.4 Å². The third-order valence-electron chi connectivity index (χ3n) is 3.09. The van der Waals surface area contributed by atoms with Crippen molar-refractivity contribution < 1.29 is 9.67 Å². The third-order valence-corrected chi connectivity index (χ3v) is 3.09. The molecule has 0 radical (unpaired) electrons. The lowest BCUT2D eigenvalue weighted by atomic mass is 10.0. The summed E-state index contributed by atoms with van der Waals surface area (Å²) in [4.78, 5) is 0. The van der Waals surface area contributed by atoms with Crippen LogP contribution in [0.3, 0.4) is 0 Å². The predicted octanol–water partition coefficient (Wildman–Crippen LogP) is 0.0980. The van der Waals surface area contributed by atoms with Crippen molar-refractivity contribution >= 4 is 11.4 Å². The summed E-state index contributed by atoms with van der Waals surface area (Å²) in [5.41, 5.74) is 19.7. The van der Waals surface area contributed by atoms with E-state index in [0.29, 0.717) is 17.9 Å². The molecule has 0 fully saturated rings. The molecule has 0 saturated heterocycles. The fourth-order valence-electron chi connectivity index (χ4n) is 2.10. The summed E-state index contributed by atoms with van der Waals surface area (Å²) in [6.45, 7) is 0.631. The molecule has 5 nitrogen and oxygen atoms in total. The van der Waals surface area contributed by atoms with E-state index in [1.54, 1.807) is 0 Å². The van der Waals surface area contributed by atoms with Crippen LogP contribution in [-0.4, -0.2) is 17.8 Å². The Balaban J connectivity index is 2.44. The zero-order valence-corrected chi connectivity index (χ0v) is 11.1. The molecule has 0 aliphatic rings. The zero-order valence-electron chi connectivity index (χ0n) is 11.1. The number of rotatable bonds is 7. The van der Waals surface area contributed by atoms with Crippen LogP contribution < -0.4 is 21.8 Å². The number of aliphatic hydroxyl groups is 1. The van der Waals surface area contributed by atoms with Crippen LogP contribution in [0.1, 0.15) is 31.2 Å². The minimum atomic E-state index is -0.268. The second-order valence-electron chi connectivity index (χ2n) is 4.79. The van der Waals surface area contributed by atoms with Crippen molar-refractivity contribution in [2.24, 2.45) is 12.8 Å². The van der Waals surface area contributed by atoms with E-state index in [0.717, 1.165) is 37.7 Å². The molecular formula is C13H25N4O+. The highest BCUT2D eigenvalue weighted by Gasteiger charge is 2.11. The molecule has 0 amide bonds. The summed E-state index contributed by atoms with van der Waals surface area (Å²) in [5, 5.41) is 9.72. The molecule has 1 rings (SSSR count). The number of nitrogen functional groups attached to an aromatic ring is 2. The molecule has 0 aliphatic carbocycles. The Hall–Kier alpha value is -1.33. The van der Waals surface area contributed by atoms with E-state index in [9.17, 15) is 5.11 Å². The quantitative estimate of drug-likeness (QED) is 0.517. The molecule has 102 valence electrons. The number of aryl methyl sites for hydroxylation is 1. The van der Waals surface area contributed by atoms with Gasteiger partial charge in [0, 0.05) is 5.56 Å². The lowest BCUT2D eigenvalue weighted by molar-refractivity contribution is -0.670. The van der Waals surface area contributed by atoms with Gasteiger partial charge in [-0.25, -0.2) is 4.57 Å². The minimum Gasteiger partial charge on any atom is -0.394 e. The van der Waals surface area contributed by atoms with E-state index in [2.05, 4.69) is 0 Å². The molecular weight excluding hydrogens is 228 g/mol. The first-order valence-electron chi connectivity index (χ1n) is 6.45. The van der Waals surface area contributed by atoms with Gasteiger partial charge < -0.3 is 22.3 Å². The van der Waals surface area contributed by atoms with Gasteiger partial charge in [0.15, 0.2) is 12.4 Å². The lowest BCUT2D eigenvalue weighted by Gasteiger charge is -2.11. The predicted molar refractivity (Wildman–Crippen MR) is 73.7 cm³/mol. The molecule has 1 unspecified atom stereocenters. The normalized spacial score (nSPS) is 12.6. The average Bonchev–Trinajstić information content (AvgIpc) is 2.29. The van der Waals surface area contributed by atoms with Crippen LogP contribution in [-0.2, 0) is 13.5 Å². The summed E-state index contributed by atoms with van der Waals surface area (Å²) < 4.78 is 1.85. The largest absolute Gasteiger partial charge is 0.394 e. The van der Waals surface area contributed by atoms with Crippen molar-refractivity contribution in [3.63, 3.8) is 0 Å². The Bertz CT molecular complexity index is 358. The first-order chi connectivity index (χ1) is 8.54. The van der Waals surface area contributed by atoms with Gasteiger partial charge in [-0.1, -0.05) is 0 Å². The SMILES string of the molecule is C[n+]1cc(N)c(CCCC(O)CCCN)c(N)c1. The third kappa shape index (κ3) is 4.50. The Labute approximate surface area is 109 Å². The number of nitrogens with zero attached hydrogens (tertiary/aromatic N) is 1. The van der Waals surface area contributed by atoms with Crippen LogP contribution >= 0.6 is 0 Å². The molecule has 1 aromatic heterocycles. The van der Waals surface area contributed by atoms with E-state index < -0.39 is 0 Å². The first kappa shape index (κ1) is 14.7. The van der Waals surface area contributed by atoms with Gasteiger partial charge in [0.05, 0.1) is 6.10 Å². The maximum atomic E-state index is 9.72. The Kier molecular flexibility index (Phi) is 5.88. The molecule has 7 N–H and O–H groups in total. The molecule has 5 heteroatoms. The number of aromatic nitrogens is 1. The molecule has 18 heavy (non-hydrogen) atoms. The average molecular weight is 253 g/mol. The van der Waals surface area contributed by atoms with Crippen molar-refractivity contribution in [1.29, 1.82) is 0 Å². The number of aliphatic hydroxyl groups excluding tert-OH is 1. The topological polar surface area (TPSA) is 102 Å².